The molecule has 130 valence electrons. The van der Waals surface area contributed by atoms with Crippen molar-refractivity contribution in [1.82, 2.24) is 19.9 Å². The normalized spacial score (nSPS) is 15.7. The van der Waals surface area contributed by atoms with Crippen molar-refractivity contribution in [3.8, 4) is 11.4 Å². The highest BCUT2D eigenvalue weighted by molar-refractivity contribution is 7.19. The van der Waals surface area contributed by atoms with Crippen molar-refractivity contribution in [3.63, 3.8) is 0 Å². The molecule has 25 heavy (non-hydrogen) atoms. The molecule has 2 N–H and O–H groups in total. The maximum absolute atomic E-state index is 6.31. The van der Waals surface area contributed by atoms with E-state index in [1.54, 1.807) is 23.7 Å². The summed E-state index contributed by atoms with van der Waals surface area (Å²) >= 11 is 1.66. The third-order valence-electron chi connectivity index (χ3n) is 4.12. The minimum absolute atomic E-state index is 0.413. The third-order valence-corrected chi connectivity index (χ3v) is 5.58. The first-order valence-electron chi connectivity index (χ1n) is 8.21. The Hall–Kier alpha value is -2.16. The fourth-order valence-corrected chi connectivity index (χ4v) is 3.89. The molecule has 0 atom stereocenters. The average Bonchev–Trinajstić information content (AvgIpc) is 3.07. The average molecular weight is 356 g/mol. The number of aromatic nitrogens is 4. The Balaban J connectivity index is 1.90. The summed E-state index contributed by atoms with van der Waals surface area (Å²) in [5.41, 5.74) is 7.61. The topological polar surface area (TPSA) is 90.0 Å². The predicted molar refractivity (Wildman–Crippen MR) is 98.7 cm³/mol. The summed E-state index contributed by atoms with van der Waals surface area (Å²) in [6.07, 6.45) is 4.97. The molecule has 1 aliphatic rings. The van der Waals surface area contributed by atoms with Crippen molar-refractivity contribution in [2.24, 2.45) is 5.73 Å². The van der Waals surface area contributed by atoms with E-state index in [0.29, 0.717) is 19.0 Å². The van der Waals surface area contributed by atoms with Gasteiger partial charge < -0.3 is 15.4 Å². The highest BCUT2D eigenvalue weighted by atomic mass is 32.1. The Kier molecular flexibility index (Phi) is 4.10. The molecule has 0 spiro atoms. The summed E-state index contributed by atoms with van der Waals surface area (Å²) in [5, 5.41) is 0. The lowest BCUT2D eigenvalue weighted by Gasteiger charge is -2.28. The second-order valence-electron chi connectivity index (χ2n) is 6.64. The van der Waals surface area contributed by atoms with Crippen LogP contribution in [0.15, 0.2) is 24.8 Å². The molecule has 4 heterocycles. The van der Waals surface area contributed by atoms with Gasteiger partial charge in [0.15, 0.2) is 11.6 Å². The number of rotatable bonds is 3. The van der Waals surface area contributed by atoms with Gasteiger partial charge in [-0.1, -0.05) is 0 Å². The highest BCUT2D eigenvalue weighted by Crippen LogP contribution is 2.37. The maximum Gasteiger partial charge on any atom is 0.165 e. The smallest absolute Gasteiger partial charge is 0.165 e. The molecule has 0 saturated carbocycles. The van der Waals surface area contributed by atoms with Gasteiger partial charge in [-0.05, 0) is 19.9 Å². The first-order valence-corrected chi connectivity index (χ1v) is 9.03. The van der Waals surface area contributed by atoms with E-state index < -0.39 is 5.54 Å². The maximum atomic E-state index is 6.31. The number of nitrogens with zero attached hydrogens (tertiary/aromatic N) is 5. The molecular formula is C17H20N6OS. The first-order chi connectivity index (χ1) is 12.0. The van der Waals surface area contributed by atoms with Gasteiger partial charge in [0.05, 0.1) is 29.0 Å². The zero-order valence-corrected chi connectivity index (χ0v) is 15.1. The lowest BCUT2D eigenvalue weighted by Crippen LogP contribution is -2.36. The van der Waals surface area contributed by atoms with Crippen LogP contribution in [0.5, 0.6) is 0 Å². The van der Waals surface area contributed by atoms with Crippen LogP contribution in [0.2, 0.25) is 0 Å². The van der Waals surface area contributed by atoms with Gasteiger partial charge in [0.25, 0.3) is 0 Å². The summed E-state index contributed by atoms with van der Waals surface area (Å²) in [4.78, 5) is 21.1. The van der Waals surface area contributed by atoms with E-state index in [4.69, 9.17) is 20.4 Å². The molecule has 0 amide bonds. The van der Waals surface area contributed by atoms with Crippen molar-refractivity contribution in [2.45, 2.75) is 19.4 Å². The lowest BCUT2D eigenvalue weighted by molar-refractivity contribution is 0.122. The molecule has 7 nitrogen and oxygen atoms in total. The van der Waals surface area contributed by atoms with Crippen molar-refractivity contribution in [1.29, 1.82) is 0 Å². The Morgan fingerprint density at radius 3 is 2.56 bits per heavy atom. The van der Waals surface area contributed by atoms with Gasteiger partial charge >= 0.3 is 0 Å². The highest BCUT2D eigenvalue weighted by Gasteiger charge is 2.23. The molecule has 3 aromatic heterocycles. The van der Waals surface area contributed by atoms with Gasteiger partial charge in [-0.3, -0.25) is 0 Å². The van der Waals surface area contributed by atoms with E-state index >= 15 is 0 Å². The van der Waals surface area contributed by atoms with Gasteiger partial charge in [0.1, 0.15) is 6.33 Å². The van der Waals surface area contributed by atoms with Gasteiger partial charge in [0, 0.05) is 35.9 Å². The molecule has 0 radical (unpaired) electrons. The number of nitrogens with two attached hydrogens (primary N) is 1. The Morgan fingerprint density at radius 1 is 1.16 bits per heavy atom. The fraction of sp³-hybridized carbons (Fsp3) is 0.412. The van der Waals surface area contributed by atoms with Crippen LogP contribution < -0.4 is 10.6 Å². The molecular weight excluding hydrogens is 336 g/mol. The zero-order valence-electron chi connectivity index (χ0n) is 14.3. The summed E-state index contributed by atoms with van der Waals surface area (Å²) in [6, 6.07) is 2.07. The van der Waals surface area contributed by atoms with Crippen LogP contribution in [0.25, 0.3) is 21.6 Å². The third kappa shape index (κ3) is 3.20. The number of hydrogen-bond donors (Lipinski definition) is 1. The number of thiophene rings is 1. The zero-order chi connectivity index (χ0) is 17.4. The predicted octanol–water partition coefficient (Wildman–Crippen LogP) is 2.18. The first kappa shape index (κ1) is 16.3. The molecule has 0 bridgehead atoms. The van der Waals surface area contributed by atoms with Crippen molar-refractivity contribution >= 4 is 27.4 Å². The van der Waals surface area contributed by atoms with E-state index in [-0.39, 0.29) is 0 Å². The molecule has 3 aromatic rings. The van der Waals surface area contributed by atoms with Crippen LogP contribution in [0.4, 0.5) is 5.82 Å². The van der Waals surface area contributed by atoms with Gasteiger partial charge in [-0.25, -0.2) is 19.9 Å². The Morgan fingerprint density at radius 2 is 1.88 bits per heavy atom. The largest absolute Gasteiger partial charge is 0.378 e. The molecule has 0 aliphatic carbocycles. The monoisotopic (exact) mass is 356 g/mol. The second kappa shape index (κ2) is 6.29. The number of fused-ring (bicyclic) bond motifs is 1. The molecule has 0 aromatic carbocycles. The molecule has 1 aliphatic heterocycles. The van der Waals surface area contributed by atoms with Crippen molar-refractivity contribution in [2.75, 3.05) is 31.2 Å². The quantitative estimate of drug-likeness (QED) is 0.769. The minimum atomic E-state index is -0.413. The van der Waals surface area contributed by atoms with Crippen LogP contribution >= 0.6 is 11.3 Å². The van der Waals surface area contributed by atoms with Gasteiger partial charge in [0.2, 0.25) is 0 Å². The van der Waals surface area contributed by atoms with Crippen LogP contribution in [0, 0.1) is 0 Å². The van der Waals surface area contributed by atoms with Crippen LogP contribution in [0.3, 0.4) is 0 Å². The van der Waals surface area contributed by atoms with Crippen molar-refractivity contribution < 1.29 is 4.74 Å². The second-order valence-corrected chi connectivity index (χ2v) is 7.70. The summed E-state index contributed by atoms with van der Waals surface area (Å²) in [7, 11) is 0. The van der Waals surface area contributed by atoms with Gasteiger partial charge in [-0.2, -0.15) is 0 Å². The van der Waals surface area contributed by atoms with Gasteiger partial charge in [-0.15, -0.1) is 11.3 Å². The van der Waals surface area contributed by atoms with E-state index in [9.17, 15) is 0 Å². The van der Waals surface area contributed by atoms with E-state index in [1.807, 2.05) is 13.8 Å². The van der Waals surface area contributed by atoms with Crippen LogP contribution in [-0.2, 0) is 10.3 Å². The Bertz CT molecular complexity index is 883. The van der Waals surface area contributed by atoms with Crippen LogP contribution in [-0.4, -0.2) is 46.2 Å². The van der Waals surface area contributed by atoms with E-state index in [1.165, 1.54) is 6.33 Å². The number of hydrogen-bond acceptors (Lipinski definition) is 8. The summed E-state index contributed by atoms with van der Waals surface area (Å²) < 4.78 is 6.55. The van der Waals surface area contributed by atoms with E-state index in [2.05, 4.69) is 20.9 Å². The summed E-state index contributed by atoms with van der Waals surface area (Å²) in [5.74, 6) is 1.57. The molecule has 8 heteroatoms. The van der Waals surface area contributed by atoms with E-state index in [0.717, 1.165) is 39.6 Å². The summed E-state index contributed by atoms with van der Waals surface area (Å²) in [6.45, 7) is 7.05. The number of ether oxygens (including phenoxy) is 1. The van der Waals surface area contributed by atoms with Crippen molar-refractivity contribution in [3.05, 3.63) is 29.7 Å². The lowest BCUT2D eigenvalue weighted by atomic mass is 10.1. The van der Waals surface area contributed by atoms with Crippen LogP contribution in [0.1, 0.15) is 18.7 Å². The molecule has 4 rings (SSSR count). The molecule has 1 fully saturated rings. The Labute approximate surface area is 149 Å². The standard InChI is InChI=1S/C17H20N6OS/c1-17(2,18)13-7-12-14(25-13)16(23-3-5-24-6-4-23)22-15(21-12)11-8-19-10-20-9-11/h7-10H,3-6,18H2,1-2H3. The number of anilines is 1. The number of morpholine rings is 1. The SMILES string of the molecule is CC(C)(N)c1cc2nc(-c3cncnc3)nc(N3CCOCC3)c2s1. The fourth-order valence-electron chi connectivity index (χ4n) is 2.77. The molecule has 1 saturated heterocycles. The molecule has 0 unspecified atom stereocenters. The minimum Gasteiger partial charge on any atom is -0.378 e.